The Labute approximate surface area is 150 Å². The van der Waals surface area contributed by atoms with E-state index in [1.807, 2.05) is 0 Å². The predicted octanol–water partition coefficient (Wildman–Crippen LogP) is 3.58. The number of phenols is 3. The number of hydrogen-bond acceptors (Lipinski definition) is 6. The summed E-state index contributed by atoms with van der Waals surface area (Å²) in [6.45, 7) is 3.50. The van der Waals surface area contributed by atoms with Crippen LogP contribution in [0.1, 0.15) is 63.0 Å². The maximum atomic E-state index is 12.1. The number of hydrogen-bond donors (Lipinski definition) is 3. The lowest BCUT2D eigenvalue weighted by atomic mass is 9.89. The van der Waals surface area contributed by atoms with Crippen molar-refractivity contribution in [3.63, 3.8) is 0 Å². The third-order valence-corrected chi connectivity index (χ3v) is 3.88. The van der Waals surface area contributed by atoms with E-state index in [0.29, 0.717) is 5.56 Å². The average Bonchev–Trinajstić information content (AvgIpc) is 2.52. The lowest BCUT2D eigenvalue weighted by Gasteiger charge is -2.16. The van der Waals surface area contributed by atoms with Crippen molar-refractivity contribution in [2.75, 3.05) is 0 Å². The molecule has 0 aliphatic rings. The van der Waals surface area contributed by atoms with Gasteiger partial charge in [0.1, 0.15) is 22.8 Å². The third kappa shape index (κ3) is 3.49. The highest BCUT2D eigenvalue weighted by Gasteiger charge is 2.28. The molecule has 0 fully saturated rings. The highest BCUT2D eigenvalue weighted by Crippen LogP contribution is 2.39. The second-order valence-corrected chi connectivity index (χ2v) is 5.83. The van der Waals surface area contributed by atoms with Gasteiger partial charge in [0, 0.05) is 5.56 Å². The number of phenolic OH excluding ortho intramolecular Hbond substituents is 3. The van der Waals surface area contributed by atoms with E-state index in [1.165, 1.54) is 32.1 Å². The summed E-state index contributed by atoms with van der Waals surface area (Å²) in [6, 6.07) is 6.14. The van der Waals surface area contributed by atoms with Crippen molar-refractivity contribution in [3.05, 3.63) is 52.1 Å². The molecule has 6 heteroatoms. The molecule has 0 aliphatic carbocycles. The first-order valence-electron chi connectivity index (χ1n) is 7.77. The summed E-state index contributed by atoms with van der Waals surface area (Å²) in [5.74, 6) is -3.01. The van der Waals surface area contributed by atoms with Gasteiger partial charge in [-0.1, -0.05) is 24.3 Å². The first kappa shape index (κ1) is 18.9. The first-order chi connectivity index (χ1) is 12.1. The van der Waals surface area contributed by atoms with Crippen LogP contribution in [0.4, 0.5) is 0 Å². The molecular weight excluding hydrogens is 336 g/mol. The number of ketones is 3. The molecule has 0 aliphatic heterocycles. The Balaban J connectivity index is 2.81. The highest BCUT2D eigenvalue weighted by atomic mass is 16.3. The minimum atomic E-state index is -0.668. The van der Waals surface area contributed by atoms with Gasteiger partial charge in [0.25, 0.3) is 0 Å². The molecule has 0 aromatic heterocycles. The van der Waals surface area contributed by atoms with Crippen LogP contribution in [0.25, 0.3) is 12.2 Å². The quantitative estimate of drug-likeness (QED) is 0.559. The fraction of sp³-hybridized carbons (Fsp3) is 0.150. The van der Waals surface area contributed by atoms with Crippen molar-refractivity contribution in [1.29, 1.82) is 0 Å². The van der Waals surface area contributed by atoms with Crippen LogP contribution < -0.4 is 0 Å². The molecule has 0 saturated carbocycles. The van der Waals surface area contributed by atoms with Crippen molar-refractivity contribution in [1.82, 2.24) is 0 Å². The van der Waals surface area contributed by atoms with Crippen LogP contribution in [-0.2, 0) is 0 Å². The summed E-state index contributed by atoms with van der Waals surface area (Å²) in [5.41, 5.74) is -0.205. The van der Waals surface area contributed by atoms with Crippen LogP contribution in [-0.4, -0.2) is 32.7 Å². The van der Waals surface area contributed by atoms with E-state index < -0.39 is 34.4 Å². The molecule has 0 bridgehead atoms. The molecule has 0 atom stereocenters. The number of carbonyl (C=O) groups is 3. The number of rotatable bonds is 5. The summed E-state index contributed by atoms with van der Waals surface area (Å²) in [6.07, 6.45) is 2.96. The van der Waals surface area contributed by atoms with E-state index in [-0.39, 0.29) is 22.4 Å². The van der Waals surface area contributed by atoms with Gasteiger partial charge in [-0.15, -0.1) is 0 Å². The molecule has 26 heavy (non-hydrogen) atoms. The van der Waals surface area contributed by atoms with Gasteiger partial charge in [0.15, 0.2) is 17.3 Å². The first-order valence-corrected chi connectivity index (χ1v) is 7.77. The van der Waals surface area contributed by atoms with Gasteiger partial charge in [-0.3, -0.25) is 14.4 Å². The minimum Gasteiger partial charge on any atom is -0.508 e. The smallest absolute Gasteiger partial charge is 0.167 e. The Morgan fingerprint density at radius 3 is 1.50 bits per heavy atom. The molecule has 0 heterocycles. The van der Waals surface area contributed by atoms with E-state index in [4.69, 9.17) is 0 Å². The molecular formula is C20H18O6. The van der Waals surface area contributed by atoms with Crippen molar-refractivity contribution in [2.24, 2.45) is 0 Å². The topological polar surface area (TPSA) is 112 Å². The summed E-state index contributed by atoms with van der Waals surface area (Å²) in [5, 5.41) is 30.0. The van der Waals surface area contributed by atoms with Crippen molar-refractivity contribution in [2.45, 2.75) is 20.8 Å². The maximum Gasteiger partial charge on any atom is 0.167 e. The number of Topliss-reactive ketones (excluding diaryl/α,β-unsaturated/α-hetero) is 3. The minimum absolute atomic E-state index is 0.0260. The Morgan fingerprint density at radius 1 is 0.692 bits per heavy atom. The van der Waals surface area contributed by atoms with Gasteiger partial charge in [-0.05, 0) is 38.5 Å². The van der Waals surface area contributed by atoms with E-state index in [1.54, 1.807) is 18.2 Å². The van der Waals surface area contributed by atoms with E-state index in [0.717, 1.165) is 6.92 Å². The Morgan fingerprint density at radius 2 is 1.12 bits per heavy atom. The molecule has 0 spiro atoms. The van der Waals surface area contributed by atoms with E-state index >= 15 is 0 Å². The van der Waals surface area contributed by atoms with Crippen molar-refractivity contribution in [3.8, 4) is 17.2 Å². The van der Waals surface area contributed by atoms with Gasteiger partial charge in [-0.2, -0.15) is 0 Å². The summed E-state index contributed by atoms with van der Waals surface area (Å²) < 4.78 is 0. The van der Waals surface area contributed by atoms with Crippen LogP contribution >= 0.6 is 0 Å². The van der Waals surface area contributed by atoms with Gasteiger partial charge in [0.05, 0.1) is 11.1 Å². The second-order valence-electron chi connectivity index (χ2n) is 5.83. The van der Waals surface area contributed by atoms with Crippen LogP contribution in [0.3, 0.4) is 0 Å². The van der Waals surface area contributed by atoms with Crippen LogP contribution in [0.2, 0.25) is 0 Å². The largest absolute Gasteiger partial charge is 0.508 e. The third-order valence-electron chi connectivity index (χ3n) is 3.88. The van der Waals surface area contributed by atoms with Crippen LogP contribution in [0, 0.1) is 0 Å². The monoisotopic (exact) mass is 354 g/mol. The highest BCUT2D eigenvalue weighted by molar-refractivity contribution is 6.14. The SMILES string of the molecule is CC(=O)c1c(O)c(C(C)=O)c(C=Cc2ccc(O)cc2)c(C(C)=O)c1O. The molecule has 3 N–H and O–H groups in total. The lowest BCUT2D eigenvalue weighted by molar-refractivity contribution is 0.101. The Hall–Kier alpha value is -3.41. The standard InChI is InChI=1S/C20H18O6/c1-10(21)16-15(9-6-13-4-7-14(24)8-5-13)17(11(2)22)20(26)18(12(3)23)19(16)25/h4-9,24-26H,1-3H3. The fourth-order valence-corrected chi connectivity index (χ4v) is 2.72. The van der Waals surface area contributed by atoms with E-state index in [9.17, 15) is 29.7 Å². The average molecular weight is 354 g/mol. The maximum absolute atomic E-state index is 12.1. The normalized spacial score (nSPS) is 10.9. The van der Waals surface area contributed by atoms with Gasteiger partial charge < -0.3 is 15.3 Å². The molecule has 2 aromatic carbocycles. The molecule has 0 unspecified atom stereocenters. The molecule has 2 rings (SSSR count). The predicted molar refractivity (Wildman–Crippen MR) is 96.8 cm³/mol. The van der Waals surface area contributed by atoms with Gasteiger partial charge in [0.2, 0.25) is 0 Å². The Bertz CT molecular complexity index is 895. The molecule has 6 nitrogen and oxygen atoms in total. The summed E-state index contributed by atoms with van der Waals surface area (Å²) in [4.78, 5) is 35.9. The summed E-state index contributed by atoms with van der Waals surface area (Å²) in [7, 11) is 0. The van der Waals surface area contributed by atoms with Crippen molar-refractivity contribution < 1.29 is 29.7 Å². The molecule has 0 amide bonds. The zero-order valence-corrected chi connectivity index (χ0v) is 14.5. The fourth-order valence-electron chi connectivity index (χ4n) is 2.72. The van der Waals surface area contributed by atoms with E-state index in [2.05, 4.69) is 0 Å². The summed E-state index contributed by atoms with van der Waals surface area (Å²) >= 11 is 0. The van der Waals surface area contributed by atoms with Gasteiger partial charge in [-0.25, -0.2) is 0 Å². The number of carbonyl (C=O) groups excluding carboxylic acids is 3. The second kappa shape index (κ2) is 7.23. The molecule has 0 radical (unpaired) electrons. The number of benzene rings is 2. The number of aromatic hydroxyl groups is 3. The Kier molecular flexibility index (Phi) is 5.26. The van der Waals surface area contributed by atoms with Gasteiger partial charge >= 0.3 is 0 Å². The van der Waals surface area contributed by atoms with Crippen molar-refractivity contribution >= 4 is 29.5 Å². The molecule has 2 aromatic rings. The molecule has 134 valence electrons. The zero-order chi connectivity index (χ0) is 19.6. The zero-order valence-electron chi connectivity index (χ0n) is 14.5. The molecule has 0 saturated heterocycles. The van der Waals surface area contributed by atoms with Crippen LogP contribution in [0.15, 0.2) is 24.3 Å². The van der Waals surface area contributed by atoms with Crippen LogP contribution in [0.5, 0.6) is 17.2 Å². The lowest BCUT2D eigenvalue weighted by Crippen LogP contribution is -2.10.